The molecule has 0 aliphatic heterocycles. The summed E-state index contributed by atoms with van der Waals surface area (Å²) in [7, 11) is -3.93. The minimum Gasteiger partial charge on any atom is -0.377 e. The lowest BCUT2D eigenvalue weighted by molar-refractivity contribution is 0.173. The third kappa shape index (κ3) is 15.7. The molecule has 0 aliphatic rings. The SMILES string of the molecule is CC(C)=CCCC(C)=CCCC(C)=CCOCCP(=O)(O)O. The predicted octanol–water partition coefficient (Wildman–Crippen LogP) is 4.60. The number of allylic oxidation sites excluding steroid dienone is 5. The van der Waals surface area contributed by atoms with Crippen LogP contribution < -0.4 is 0 Å². The maximum absolute atomic E-state index is 10.6. The van der Waals surface area contributed by atoms with Crippen LogP contribution >= 0.6 is 7.60 Å². The molecule has 0 spiro atoms. The van der Waals surface area contributed by atoms with Gasteiger partial charge in [0.1, 0.15) is 0 Å². The molecule has 0 aromatic heterocycles. The molecule has 0 rings (SSSR count). The van der Waals surface area contributed by atoms with Crippen LogP contribution in [0.1, 0.15) is 53.4 Å². The predicted molar refractivity (Wildman–Crippen MR) is 93.1 cm³/mol. The van der Waals surface area contributed by atoms with E-state index < -0.39 is 7.60 Å². The van der Waals surface area contributed by atoms with Crippen molar-refractivity contribution in [2.75, 3.05) is 19.4 Å². The van der Waals surface area contributed by atoms with E-state index in [4.69, 9.17) is 14.5 Å². The van der Waals surface area contributed by atoms with E-state index in [-0.39, 0.29) is 12.8 Å². The summed E-state index contributed by atoms with van der Waals surface area (Å²) in [6.07, 6.45) is 10.5. The van der Waals surface area contributed by atoms with Gasteiger partial charge in [-0.1, -0.05) is 34.9 Å². The van der Waals surface area contributed by atoms with Crippen LogP contribution in [0.25, 0.3) is 0 Å². The Labute approximate surface area is 135 Å². The fourth-order valence-electron chi connectivity index (χ4n) is 1.81. The second-order valence-electron chi connectivity index (χ2n) is 5.92. The van der Waals surface area contributed by atoms with Crippen molar-refractivity contribution in [2.24, 2.45) is 0 Å². The summed E-state index contributed by atoms with van der Waals surface area (Å²) in [5.41, 5.74) is 4.03. The van der Waals surface area contributed by atoms with Crippen molar-refractivity contribution in [3.05, 3.63) is 34.9 Å². The highest BCUT2D eigenvalue weighted by molar-refractivity contribution is 7.51. The molecule has 0 amide bonds. The van der Waals surface area contributed by atoms with E-state index in [1.54, 1.807) is 0 Å². The van der Waals surface area contributed by atoms with E-state index in [1.807, 2.05) is 6.08 Å². The van der Waals surface area contributed by atoms with Gasteiger partial charge in [-0.2, -0.15) is 0 Å². The van der Waals surface area contributed by atoms with Gasteiger partial charge < -0.3 is 14.5 Å². The highest BCUT2D eigenvalue weighted by Gasteiger charge is 2.11. The van der Waals surface area contributed by atoms with Crippen molar-refractivity contribution < 1.29 is 19.1 Å². The molecule has 5 heteroatoms. The number of rotatable bonds is 11. The van der Waals surface area contributed by atoms with Gasteiger partial charge in [-0.15, -0.1) is 0 Å². The van der Waals surface area contributed by atoms with Crippen LogP contribution in [0.4, 0.5) is 0 Å². The lowest BCUT2D eigenvalue weighted by atomic mass is 10.1. The van der Waals surface area contributed by atoms with Gasteiger partial charge in [0.2, 0.25) is 0 Å². The Morgan fingerprint density at radius 3 is 2.05 bits per heavy atom. The Morgan fingerprint density at radius 1 is 0.955 bits per heavy atom. The Bertz CT molecular complexity index is 440. The topological polar surface area (TPSA) is 66.8 Å². The Hall–Kier alpha value is -0.670. The van der Waals surface area contributed by atoms with Gasteiger partial charge in [0.05, 0.1) is 19.4 Å². The van der Waals surface area contributed by atoms with Crippen LogP contribution in [0, 0.1) is 0 Å². The van der Waals surface area contributed by atoms with Gasteiger partial charge in [0, 0.05) is 0 Å². The third-order valence-corrected chi connectivity index (χ3v) is 3.96. The first-order valence-electron chi connectivity index (χ1n) is 7.77. The van der Waals surface area contributed by atoms with Gasteiger partial charge in [0.15, 0.2) is 0 Å². The van der Waals surface area contributed by atoms with Gasteiger partial charge in [-0.25, -0.2) is 0 Å². The molecule has 128 valence electrons. The summed E-state index contributed by atoms with van der Waals surface area (Å²) < 4.78 is 15.8. The van der Waals surface area contributed by atoms with Crippen molar-refractivity contribution in [1.29, 1.82) is 0 Å². The van der Waals surface area contributed by atoms with E-state index in [9.17, 15) is 4.57 Å². The summed E-state index contributed by atoms with van der Waals surface area (Å²) in [5, 5.41) is 0. The number of hydrogen-bond acceptors (Lipinski definition) is 2. The molecule has 0 aromatic carbocycles. The lowest BCUT2D eigenvalue weighted by Gasteiger charge is -2.04. The van der Waals surface area contributed by atoms with E-state index in [0.717, 1.165) is 25.7 Å². The summed E-state index contributed by atoms with van der Waals surface area (Å²) in [4.78, 5) is 17.4. The zero-order valence-electron chi connectivity index (χ0n) is 14.3. The van der Waals surface area contributed by atoms with Gasteiger partial charge in [-0.3, -0.25) is 4.57 Å². The molecule has 0 atom stereocenters. The number of hydrogen-bond donors (Lipinski definition) is 2. The van der Waals surface area contributed by atoms with Gasteiger partial charge in [-0.05, 0) is 53.4 Å². The molecule has 0 aromatic rings. The van der Waals surface area contributed by atoms with Crippen molar-refractivity contribution in [2.45, 2.75) is 53.4 Å². The van der Waals surface area contributed by atoms with Gasteiger partial charge in [0.25, 0.3) is 0 Å². The van der Waals surface area contributed by atoms with Crippen LogP contribution in [0.3, 0.4) is 0 Å². The van der Waals surface area contributed by atoms with E-state index in [0.29, 0.717) is 6.61 Å². The molecule has 0 radical (unpaired) electrons. The van der Waals surface area contributed by atoms with Crippen molar-refractivity contribution in [1.82, 2.24) is 0 Å². The van der Waals surface area contributed by atoms with E-state index in [2.05, 4.69) is 39.8 Å². The second-order valence-corrected chi connectivity index (χ2v) is 7.70. The lowest BCUT2D eigenvalue weighted by Crippen LogP contribution is -2.01. The molecule has 2 N–H and O–H groups in total. The minimum atomic E-state index is -3.93. The van der Waals surface area contributed by atoms with Crippen LogP contribution in [-0.4, -0.2) is 29.2 Å². The van der Waals surface area contributed by atoms with Crippen LogP contribution in [0.15, 0.2) is 34.9 Å². The molecule has 0 saturated heterocycles. The quantitative estimate of drug-likeness (QED) is 0.330. The van der Waals surface area contributed by atoms with Crippen LogP contribution in [-0.2, 0) is 9.30 Å². The highest BCUT2D eigenvalue weighted by Crippen LogP contribution is 2.33. The second kappa shape index (κ2) is 11.8. The fraction of sp³-hybridized carbons (Fsp3) is 0.647. The Morgan fingerprint density at radius 2 is 1.50 bits per heavy atom. The fourth-order valence-corrected chi connectivity index (χ4v) is 2.17. The smallest absolute Gasteiger partial charge is 0.327 e. The maximum atomic E-state index is 10.6. The average Bonchev–Trinajstić information content (AvgIpc) is 2.36. The molecule has 22 heavy (non-hydrogen) atoms. The first-order valence-corrected chi connectivity index (χ1v) is 9.57. The van der Waals surface area contributed by atoms with Crippen molar-refractivity contribution >= 4 is 7.60 Å². The maximum Gasteiger partial charge on any atom is 0.327 e. The molecule has 0 bridgehead atoms. The third-order valence-electron chi connectivity index (χ3n) is 3.20. The number of ether oxygens (including phenoxy) is 1. The van der Waals surface area contributed by atoms with Crippen molar-refractivity contribution in [3.8, 4) is 0 Å². The zero-order chi connectivity index (χ0) is 17.0. The molecular weight excluding hydrogens is 299 g/mol. The molecular formula is C17H31O4P. The molecule has 0 unspecified atom stereocenters. The summed E-state index contributed by atoms with van der Waals surface area (Å²) in [6.45, 7) is 8.97. The van der Waals surface area contributed by atoms with E-state index >= 15 is 0 Å². The average molecular weight is 330 g/mol. The first-order chi connectivity index (χ1) is 10.2. The van der Waals surface area contributed by atoms with Gasteiger partial charge >= 0.3 is 7.60 Å². The molecule has 4 nitrogen and oxygen atoms in total. The highest BCUT2D eigenvalue weighted by atomic mass is 31.2. The molecule has 0 aliphatic carbocycles. The summed E-state index contributed by atoms with van der Waals surface area (Å²) >= 11 is 0. The normalized spacial score (nSPS) is 13.4. The molecule has 0 heterocycles. The summed E-state index contributed by atoms with van der Waals surface area (Å²) in [6, 6.07) is 0. The monoisotopic (exact) mass is 330 g/mol. The zero-order valence-corrected chi connectivity index (χ0v) is 15.2. The Balaban J connectivity index is 3.83. The van der Waals surface area contributed by atoms with Crippen LogP contribution in [0.5, 0.6) is 0 Å². The molecule has 0 saturated carbocycles. The van der Waals surface area contributed by atoms with E-state index in [1.165, 1.54) is 16.7 Å². The largest absolute Gasteiger partial charge is 0.377 e. The standard InChI is InChI=1S/C17H31O4P/c1-15(2)7-5-8-16(3)9-6-10-17(4)11-12-21-13-14-22(18,19)20/h7,9,11H,5-6,8,10,12-14H2,1-4H3,(H2,18,19,20). The summed E-state index contributed by atoms with van der Waals surface area (Å²) in [5.74, 6) is 0. The van der Waals surface area contributed by atoms with Crippen LogP contribution in [0.2, 0.25) is 0 Å². The Kier molecular flexibility index (Phi) is 11.5. The molecule has 0 fully saturated rings. The first kappa shape index (κ1) is 21.3. The van der Waals surface area contributed by atoms with Crippen molar-refractivity contribution in [3.63, 3.8) is 0 Å². The minimum absolute atomic E-state index is 0.0947.